The third-order valence-corrected chi connectivity index (χ3v) is 8.20. The van der Waals surface area contributed by atoms with Gasteiger partial charge in [-0.15, -0.1) is 13.2 Å². The first-order valence-electron chi connectivity index (χ1n) is 15.0. The van der Waals surface area contributed by atoms with Crippen LogP contribution in [0.3, 0.4) is 0 Å². The maximum atomic E-state index is 10.7. The fraction of sp³-hybridized carbons (Fsp3) is 0.786. The van der Waals surface area contributed by atoms with Crippen LogP contribution in [0.15, 0.2) is 12.7 Å². The molecule has 5 N–H and O–H groups in total. The first-order chi connectivity index (χ1) is 20.8. The molecule has 0 saturated carbocycles. The summed E-state index contributed by atoms with van der Waals surface area (Å²) in [6, 6.07) is 0. The number of hydrogen-bond donors (Lipinski definition) is 4. The van der Waals surface area contributed by atoms with Crippen molar-refractivity contribution < 1.29 is 38.6 Å². The van der Waals surface area contributed by atoms with E-state index < -0.39 is 31.4 Å². The minimum absolute atomic E-state index is 0.468. The molecule has 15 heteroatoms. The number of aliphatic hydroxyl groups is 2. The van der Waals surface area contributed by atoms with E-state index in [2.05, 4.69) is 39.9 Å². The Labute approximate surface area is 254 Å². The molecule has 1 aliphatic heterocycles. The summed E-state index contributed by atoms with van der Waals surface area (Å²) in [6.07, 6.45) is 7.04. The standard InChI is InChI=1S/C28H51N6O8P/c1-43(2,3)19-6-22-24(35)25(36)28(42-22)34-21-33-23-26(31-20-32-27(23)34)30-8-5-10-38-12-14-40-16-18-41-17-15-39-13-11-37-9-4-7-29/h20-22,24-25,28,35-36H,1,4-19,29H2,2-3H3,(H,30,31,32)/t22?,24-,25-,28?/m1/s1. The van der Waals surface area contributed by atoms with Crippen LogP contribution < -0.4 is 11.1 Å². The van der Waals surface area contributed by atoms with Crippen LogP contribution in [0.25, 0.3) is 11.2 Å². The topological polar surface area (TPSA) is 177 Å². The van der Waals surface area contributed by atoms with E-state index in [1.54, 1.807) is 10.9 Å². The summed E-state index contributed by atoms with van der Waals surface area (Å²) in [5.74, 6) is 0.585. The second-order valence-electron chi connectivity index (χ2n) is 11.0. The minimum atomic E-state index is -1.27. The second kappa shape index (κ2) is 19.6. The molecule has 0 aromatic carbocycles. The van der Waals surface area contributed by atoms with Gasteiger partial charge < -0.3 is 49.7 Å². The van der Waals surface area contributed by atoms with Gasteiger partial charge in [0.2, 0.25) is 0 Å². The number of nitrogens with two attached hydrogens (primary N) is 1. The lowest BCUT2D eigenvalue weighted by molar-refractivity contribution is -0.0353. The average molecular weight is 631 g/mol. The molecule has 1 saturated heterocycles. The molecule has 3 heterocycles. The van der Waals surface area contributed by atoms with Gasteiger partial charge in [-0.1, -0.05) is 0 Å². The highest BCUT2D eigenvalue weighted by molar-refractivity contribution is 7.72. The van der Waals surface area contributed by atoms with Gasteiger partial charge in [0.1, 0.15) is 18.5 Å². The van der Waals surface area contributed by atoms with Crippen molar-refractivity contribution in [1.82, 2.24) is 19.5 Å². The lowest BCUT2D eigenvalue weighted by Crippen LogP contribution is -2.31. The third kappa shape index (κ3) is 12.7. The monoisotopic (exact) mass is 630 g/mol. The summed E-state index contributed by atoms with van der Waals surface area (Å²) in [4.78, 5) is 13.1. The first kappa shape index (κ1) is 35.8. The number of aromatic nitrogens is 4. The molecular formula is C28H51N6O8P. The number of nitrogens with one attached hydrogen (secondary N) is 1. The van der Waals surface area contributed by atoms with Crippen LogP contribution in [0.1, 0.15) is 25.5 Å². The molecule has 0 amide bonds. The quantitative estimate of drug-likeness (QED) is 0.0946. The van der Waals surface area contributed by atoms with Crippen molar-refractivity contribution in [2.75, 3.05) is 104 Å². The molecule has 0 bridgehead atoms. The van der Waals surface area contributed by atoms with E-state index in [-0.39, 0.29) is 0 Å². The molecule has 2 aromatic rings. The summed E-state index contributed by atoms with van der Waals surface area (Å²) in [5.41, 5.74) is 6.49. The van der Waals surface area contributed by atoms with Gasteiger partial charge in [-0.25, -0.2) is 15.0 Å². The normalized spacial score (nSPS) is 20.8. The van der Waals surface area contributed by atoms with Gasteiger partial charge >= 0.3 is 0 Å². The van der Waals surface area contributed by atoms with Crippen LogP contribution in [-0.2, 0) is 28.4 Å². The molecule has 2 aromatic heterocycles. The molecule has 0 spiro atoms. The molecule has 1 aliphatic rings. The molecule has 0 aliphatic carbocycles. The fourth-order valence-electron chi connectivity index (χ4n) is 4.39. The number of imidazole rings is 1. The smallest absolute Gasteiger partial charge is 0.167 e. The molecule has 2 unspecified atom stereocenters. The molecule has 43 heavy (non-hydrogen) atoms. The zero-order chi connectivity index (χ0) is 30.9. The van der Waals surface area contributed by atoms with Gasteiger partial charge in [-0.05, 0) is 45.3 Å². The van der Waals surface area contributed by atoms with E-state index >= 15 is 0 Å². The van der Waals surface area contributed by atoms with Crippen LogP contribution in [0.2, 0.25) is 0 Å². The van der Waals surface area contributed by atoms with E-state index in [0.29, 0.717) is 103 Å². The Balaban J connectivity index is 1.25. The number of hydrogen-bond acceptors (Lipinski definition) is 13. The molecular weight excluding hydrogens is 579 g/mol. The van der Waals surface area contributed by atoms with Gasteiger partial charge in [-0.3, -0.25) is 4.57 Å². The Hall–Kier alpha value is -1.71. The summed E-state index contributed by atoms with van der Waals surface area (Å²) < 4.78 is 35.1. The van der Waals surface area contributed by atoms with E-state index in [1.807, 2.05) is 0 Å². The lowest BCUT2D eigenvalue weighted by atomic mass is 10.1. The average Bonchev–Trinajstić information content (AvgIpc) is 3.53. The molecule has 14 nitrogen and oxygen atoms in total. The number of ether oxygens (including phenoxy) is 6. The van der Waals surface area contributed by atoms with Crippen LogP contribution in [-0.4, -0.2) is 153 Å². The van der Waals surface area contributed by atoms with Crippen molar-refractivity contribution in [1.29, 1.82) is 0 Å². The number of rotatable bonds is 24. The predicted octanol–water partition coefficient (Wildman–Crippen LogP) is 0.779. The van der Waals surface area contributed by atoms with Crippen molar-refractivity contribution in [3.05, 3.63) is 12.7 Å². The maximum absolute atomic E-state index is 10.7. The van der Waals surface area contributed by atoms with Crippen LogP contribution >= 0.6 is 6.89 Å². The van der Waals surface area contributed by atoms with E-state index in [1.165, 1.54) is 6.33 Å². The van der Waals surface area contributed by atoms with Crippen molar-refractivity contribution >= 4 is 30.2 Å². The zero-order valence-corrected chi connectivity index (χ0v) is 26.5. The molecule has 4 atom stereocenters. The number of anilines is 1. The van der Waals surface area contributed by atoms with Gasteiger partial charge in [0.15, 0.2) is 23.2 Å². The van der Waals surface area contributed by atoms with Crippen molar-refractivity contribution in [3.8, 4) is 0 Å². The van der Waals surface area contributed by atoms with E-state index in [9.17, 15) is 10.2 Å². The Morgan fingerprint density at radius 3 is 2.05 bits per heavy atom. The summed E-state index contributed by atoms with van der Waals surface area (Å²) in [7, 11) is 0. The maximum Gasteiger partial charge on any atom is 0.167 e. The van der Waals surface area contributed by atoms with Crippen LogP contribution in [0, 0.1) is 0 Å². The second-order valence-corrected chi connectivity index (χ2v) is 15.3. The van der Waals surface area contributed by atoms with E-state index in [0.717, 1.165) is 19.0 Å². The molecule has 1 fully saturated rings. The minimum Gasteiger partial charge on any atom is -0.388 e. The Kier molecular flexibility index (Phi) is 16.3. The SMILES string of the molecule is C=P(C)(C)CCC1OC(n2cnc3c(NCCCOCCOCCOCCOCCOCCCN)ncnc32)[C@H](O)[C@@H]1O. The largest absolute Gasteiger partial charge is 0.388 e. The highest BCUT2D eigenvalue weighted by Crippen LogP contribution is 2.40. The van der Waals surface area contributed by atoms with Gasteiger partial charge in [0.05, 0.1) is 65.3 Å². The predicted molar refractivity (Wildman–Crippen MR) is 167 cm³/mol. The number of nitrogens with zero attached hydrogens (tertiary/aromatic N) is 4. The summed E-state index contributed by atoms with van der Waals surface area (Å²) in [5, 5.41) is 24.6. The Bertz CT molecular complexity index is 1090. The fourth-order valence-corrected chi connectivity index (χ4v) is 5.34. The van der Waals surface area contributed by atoms with Crippen molar-refractivity contribution in [2.45, 2.75) is 43.8 Å². The van der Waals surface area contributed by atoms with Crippen LogP contribution in [0.4, 0.5) is 5.82 Å². The van der Waals surface area contributed by atoms with E-state index in [4.69, 9.17) is 34.2 Å². The number of fused-ring (bicyclic) bond motifs is 1. The highest BCUT2D eigenvalue weighted by atomic mass is 31.2. The van der Waals surface area contributed by atoms with Crippen molar-refractivity contribution in [3.63, 3.8) is 0 Å². The highest BCUT2D eigenvalue weighted by Gasteiger charge is 2.44. The van der Waals surface area contributed by atoms with Crippen molar-refractivity contribution in [2.24, 2.45) is 5.73 Å². The van der Waals surface area contributed by atoms with Crippen LogP contribution in [0.5, 0.6) is 0 Å². The van der Waals surface area contributed by atoms with Gasteiger partial charge in [0, 0.05) is 19.8 Å². The lowest BCUT2D eigenvalue weighted by Gasteiger charge is -2.18. The summed E-state index contributed by atoms with van der Waals surface area (Å²) in [6.45, 7) is 9.68. The first-order valence-corrected chi connectivity index (χ1v) is 18.1. The summed E-state index contributed by atoms with van der Waals surface area (Å²) >= 11 is 0. The third-order valence-electron chi connectivity index (χ3n) is 6.73. The van der Waals surface area contributed by atoms with Gasteiger partial charge in [-0.2, -0.15) is 0 Å². The Morgan fingerprint density at radius 1 is 0.884 bits per heavy atom. The molecule has 0 radical (unpaired) electrons. The zero-order valence-electron chi connectivity index (χ0n) is 25.6. The number of aliphatic hydroxyl groups excluding tert-OH is 2. The Morgan fingerprint density at radius 2 is 1.47 bits per heavy atom. The molecule has 246 valence electrons. The molecule has 3 rings (SSSR count). The van der Waals surface area contributed by atoms with Gasteiger partial charge in [0.25, 0.3) is 0 Å².